The van der Waals surface area contributed by atoms with Crippen molar-refractivity contribution in [2.75, 3.05) is 0 Å². The third kappa shape index (κ3) is 3.31. The Morgan fingerprint density at radius 2 is 0.786 bits per heavy atom. The molecule has 28 heavy (non-hydrogen) atoms. The molecule has 3 heterocycles. The van der Waals surface area contributed by atoms with Crippen LogP contribution in [0.15, 0.2) is 0 Å². The van der Waals surface area contributed by atoms with Gasteiger partial charge >= 0.3 is 0 Å². The van der Waals surface area contributed by atoms with Crippen molar-refractivity contribution >= 4 is 23.1 Å². The summed E-state index contributed by atoms with van der Waals surface area (Å²) in [5.41, 5.74) is 11.5. The molecule has 0 aliphatic rings. The molecule has 0 aromatic carbocycles. The van der Waals surface area contributed by atoms with Gasteiger partial charge in [0.2, 0.25) is 0 Å². The number of hydrogen-bond acceptors (Lipinski definition) is 3. The number of hydrogen-bond donors (Lipinski definition) is 3. The fourth-order valence-corrected chi connectivity index (χ4v) is 4.87. The molecule has 3 rings (SSSR count). The van der Waals surface area contributed by atoms with Crippen LogP contribution in [0.1, 0.15) is 75.7 Å². The Balaban J connectivity index is 2.39. The van der Waals surface area contributed by atoms with E-state index in [1.165, 1.54) is 50.6 Å². The fourth-order valence-electron chi connectivity index (χ4n) is 4.87. The third-order valence-electron chi connectivity index (χ3n) is 6.24. The number of nitrogens with one attached hydrogen (secondary N) is 3. The Morgan fingerprint density at radius 1 is 0.500 bits per heavy atom. The summed E-state index contributed by atoms with van der Waals surface area (Å²) >= 11 is 0. The molecular formula is C21H34BN6-. The van der Waals surface area contributed by atoms with E-state index < -0.39 is 6.71 Å². The molecule has 0 unspecified atom stereocenters. The second-order valence-electron chi connectivity index (χ2n) is 7.53. The van der Waals surface area contributed by atoms with Crippen molar-refractivity contribution in [1.29, 1.82) is 0 Å². The second-order valence-corrected chi connectivity index (χ2v) is 7.53. The SMILES string of the molecule is CCc1n[nH]c(CC)c1[BH-](c1c(CC)n[nH]c1CC)c1c(CC)n[nH]c1CC. The zero-order chi connectivity index (χ0) is 20.3. The zero-order valence-electron chi connectivity index (χ0n) is 18.3. The summed E-state index contributed by atoms with van der Waals surface area (Å²) in [5.74, 6) is 0. The van der Waals surface area contributed by atoms with Crippen molar-refractivity contribution in [2.45, 2.75) is 80.1 Å². The van der Waals surface area contributed by atoms with Gasteiger partial charge < -0.3 is 0 Å². The van der Waals surface area contributed by atoms with E-state index in [0.717, 1.165) is 38.5 Å². The predicted octanol–water partition coefficient (Wildman–Crippen LogP) is 1.48. The lowest BCUT2D eigenvalue weighted by molar-refractivity contribution is 0.936. The van der Waals surface area contributed by atoms with Crippen molar-refractivity contribution in [3.05, 3.63) is 34.2 Å². The average Bonchev–Trinajstić information content (AvgIpc) is 3.44. The number of H-pyrrole nitrogens is 3. The summed E-state index contributed by atoms with van der Waals surface area (Å²) < 4.78 is 0. The standard InChI is InChI=1S/C21H34BN6/c1-7-13-19(14(8-2)24-23-13)22(20-15(9-3)25-26-16(20)10-4)21-17(11-5)27-28-18(21)12-6/h22H,7-12H2,1-6H3,(H,23,24)(H,25,26)(H,27,28)/q-1. The molecule has 0 aliphatic carbocycles. The van der Waals surface area contributed by atoms with E-state index in [2.05, 4.69) is 56.8 Å². The molecule has 3 aromatic rings. The molecule has 6 nitrogen and oxygen atoms in total. The summed E-state index contributed by atoms with van der Waals surface area (Å²) in [7, 11) is 0. The molecular weight excluding hydrogens is 347 g/mol. The van der Waals surface area contributed by atoms with Crippen LogP contribution in [0.5, 0.6) is 0 Å². The van der Waals surface area contributed by atoms with Gasteiger partial charge in [-0.05, 0) is 38.5 Å². The predicted molar refractivity (Wildman–Crippen MR) is 118 cm³/mol. The van der Waals surface area contributed by atoms with Crippen molar-refractivity contribution in [1.82, 2.24) is 30.6 Å². The van der Waals surface area contributed by atoms with Crippen molar-refractivity contribution in [2.24, 2.45) is 0 Å². The first-order chi connectivity index (χ1) is 13.6. The van der Waals surface area contributed by atoms with Crippen molar-refractivity contribution in [3.8, 4) is 0 Å². The third-order valence-corrected chi connectivity index (χ3v) is 6.24. The minimum Gasteiger partial charge on any atom is -0.286 e. The minimum atomic E-state index is -1.03. The molecule has 0 bridgehead atoms. The van der Waals surface area contributed by atoms with Crippen LogP contribution in [-0.2, 0) is 38.5 Å². The number of aromatic amines is 3. The van der Waals surface area contributed by atoms with Crippen LogP contribution < -0.4 is 16.4 Å². The maximum absolute atomic E-state index is 4.70. The van der Waals surface area contributed by atoms with Gasteiger partial charge in [0.05, 0.1) is 6.71 Å². The van der Waals surface area contributed by atoms with Crippen molar-refractivity contribution in [3.63, 3.8) is 0 Å². The fraction of sp³-hybridized carbons (Fsp3) is 0.571. The smallest absolute Gasteiger partial charge is 0.0802 e. The van der Waals surface area contributed by atoms with E-state index in [0.29, 0.717) is 0 Å². The normalized spacial score (nSPS) is 11.7. The van der Waals surface area contributed by atoms with Gasteiger partial charge in [0.15, 0.2) is 0 Å². The number of aryl methyl sites for hydroxylation is 6. The average molecular weight is 381 g/mol. The molecule has 0 amide bonds. The quantitative estimate of drug-likeness (QED) is 0.491. The van der Waals surface area contributed by atoms with Crippen LogP contribution in [0.4, 0.5) is 0 Å². The molecule has 3 aromatic heterocycles. The van der Waals surface area contributed by atoms with Gasteiger partial charge in [-0.15, -0.1) is 0 Å². The Kier molecular flexibility index (Phi) is 6.42. The molecule has 0 radical (unpaired) electrons. The monoisotopic (exact) mass is 381 g/mol. The first-order valence-corrected chi connectivity index (χ1v) is 11.0. The topological polar surface area (TPSA) is 86.0 Å². The van der Waals surface area contributed by atoms with Gasteiger partial charge in [-0.25, -0.2) is 0 Å². The minimum absolute atomic E-state index is 0.927. The molecule has 3 N–H and O–H groups in total. The molecule has 0 saturated carbocycles. The van der Waals surface area contributed by atoms with Crippen LogP contribution in [0.3, 0.4) is 0 Å². The zero-order valence-corrected chi connectivity index (χ0v) is 18.3. The Bertz CT molecular complexity index is 736. The van der Waals surface area contributed by atoms with E-state index in [9.17, 15) is 0 Å². The van der Waals surface area contributed by atoms with Crippen LogP contribution >= 0.6 is 0 Å². The molecule has 0 aliphatic heterocycles. The summed E-state index contributed by atoms with van der Waals surface area (Å²) in [6, 6.07) is 0. The highest BCUT2D eigenvalue weighted by molar-refractivity contribution is 6.97. The van der Waals surface area contributed by atoms with Crippen LogP contribution in [0.25, 0.3) is 0 Å². The van der Waals surface area contributed by atoms with E-state index in [1.807, 2.05) is 0 Å². The lowest BCUT2D eigenvalue weighted by atomic mass is 9.34. The summed E-state index contributed by atoms with van der Waals surface area (Å²) in [6.07, 6.45) is 5.64. The van der Waals surface area contributed by atoms with Gasteiger partial charge in [0.1, 0.15) is 0 Å². The first kappa shape index (κ1) is 20.4. The molecule has 0 saturated heterocycles. The maximum Gasteiger partial charge on any atom is 0.0802 e. The lowest BCUT2D eigenvalue weighted by Crippen LogP contribution is -2.57. The van der Waals surface area contributed by atoms with E-state index in [-0.39, 0.29) is 0 Å². The van der Waals surface area contributed by atoms with Gasteiger partial charge in [-0.2, -0.15) is 31.7 Å². The Labute approximate surface area is 168 Å². The van der Waals surface area contributed by atoms with Crippen LogP contribution in [0, 0.1) is 0 Å². The highest BCUT2D eigenvalue weighted by Gasteiger charge is 2.27. The first-order valence-electron chi connectivity index (χ1n) is 11.0. The van der Waals surface area contributed by atoms with Crippen LogP contribution in [0.2, 0.25) is 0 Å². The summed E-state index contributed by atoms with van der Waals surface area (Å²) in [4.78, 5) is 0. The van der Waals surface area contributed by atoms with Gasteiger partial charge in [-0.1, -0.05) is 41.5 Å². The van der Waals surface area contributed by atoms with Gasteiger partial charge in [-0.3, -0.25) is 15.3 Å². The van der Waals surface area contributed by atoms with Gasteiger partial charge in [0.25, 0.3) is 0 Å². The van der Waals surface area contributed by atoms with E-state index >= 15 is 0 Å². The Morgan fingerprint density at radius 3 is 1.00 bits per heavy atom. The molecule has 152 valence electrons. The lowest BCUT2D eigenvalue weighted by Gasteiger charge is -2.29. The second kappa shape index (κ2) is 8.80. The summed E-state index contributed by atoms with van der Waals surface area (Å²) in [5, 5.41) is 24.1. The summed E-state index contributed by atoms with van der Waals surface area (Å²) in [6.45, 7) is 12.2. The number of rotatable bonds is 9. The van der Waals surface area contributed by atoms with Crippen molar-refractivity contribution < 1.29 is 0 Å². The highest BCUT2D eigenvalue weighted by Crippen LogP contribution is 2.12. The van der Waals surface area contributed by atoms with E-state index in [4.69, 9.17) is 15.3 Å². The maximum atomic E-state index is 4.70. The molecule has 7 heteroatoms. The number of aromatic nitrogens is 6. The molecule has 0 atom stereocenters. The van der Waals surface area contributed by atoms with Crippen LogP contribution in [-0.4, -0.2) is 37.3 Å². The van der Waals surface area contributed by atoms with Gasteiger partial charge in [0, 0.05) is 34.2 Å². The molecule has 0 fully saturated rings. The van der Waals surface area contributed by atoms with E-state index in [1.54, 1.807) is 0 Å². The largest absolute Gasteiger partial charge is 0.286 e. The number of nitrogens with zero attached hydrogens (tertiary/aromatic N) is 3. The molecule has 0 spiro atoms. The highest BCUT2D eigenvalue weighted by atomic mass is 15.1. The Hall–Kier alpha value is -2.31.